The Kier molecular flexibility index (Phi) is 3.00. The summed E-state index contributed by atoms with van der Waals surface area (Å²) < 4.78 is 0.674. The molecule has 0 aliphatic heterocycles. The van der Waals surface area contributed by atoms with Gasteiger partial charge in [-0.2, -0.15) is 11.3 Å². The first-order valence-electron chi connectivity index (χ1n) is 3.72. The zero-order valence-corrected chi connectivity index (χ0v) is 10.0. The fourth-order valence-corrected chi connectivity index (χ4v) is 1.93. The molecule has 0 amide bonds. The van der Waals surface area contributed by atoms with Crippen molar-refractivity contribution in [1.29, 1.82) is 0 Å². The maximum Gasteiger partial charge on any atom is 0.149 e. The van der Waals surface area contributed by atoms with Crippen LogP contribution in [0.15, 0.2) is 27.6 Å². The summed E-state index contributed by atoms with van der Waals surface area (Å²) in [6, 6.07) is 1.97. The van der Waals surface area contributed by atoms with E-state index < -0.39 is 0 Å². The number of nitrogens with one attached hydrogen (secondary N) is 1. The molecular formula is C8H5BrClN3S. The van der Waals surface area contributed by atoms with Crippen molar-refractivity contribution in [2.24, 2.45) is 0 Å². The normalized spacial score (nSPS) is 10.1. The third kappa shape index (κ3) is 2.05. The Balaban J connectivity index is 2.29. The van der Waals surface area contributed by atoms with Crippen molar-refractivity contribution >= 4 is 50.4 Å². The van der Waals surface area contributed by atoms with Crippen molar-refractivity contribution in [3.63, 3.8) is 0 Å². The predicted molar refractivity (Wildman–Crippen MR) is 62.3 cm³/mol. The number of aromatic nitrogens is 2. The molecule has 0 unspecified atom stereocenters. The molecule has 14 heavy (non-hydrogen) atoms. The van der Waals surface area contributed by atoms with Crippen molar-refractivity contribution in [3.8, 4) is 0 Å². The summed E-state index contributed by atoms with van der Waals surface area (Å²) in [6.45, 7) is 0. The number of rotatable bonds is 2. The van der Waals surface area contributed by atoms with Crippen molar-refractivity contribution in [3.05, 3.63) is 32.8 Å². The fourth-order valence-electron chi connectivity index (χ4n) is 0.908. The molecule has 1 N–H and O–H groups in total. The van der Waals surface area contributed by atoms with Gasteiger partial charge in [-0.25, -0.2) is 9.97 Å². The Morgan fingerprint density at radius 1 is 1.43 bits per heavy atom. The van der Waals surface area contributed by atoms with E-state index in [0.717, 1.165) is 5.69 Å². The molecule has 0 bridgehead atoms. The van der Waals surface area contributed by atoms with Gasteiger partial charge in [-0.3, -0.25) is 0 Å². The lowest BCUT2D eigenvalue weighted by Crippen LogP contribution is -1.94. The van der Waals surface area contributed by atoms with Crippen LogP contribution < -0.4 is 5.32 Å². The van der Waals surface area contributed by atoms with Crippen LogP contribution in [0.1, 0.15) is 0 Å². The van der Waals surface area contributed by atoms with Gasteiger partial charge in [-0.05, 0) is 27.4 Å². The van der Waals surface area contributed by atoms with E-state index in [1.165, 1.54) is 6.33 Å². The van der Waals surface area contributed by atoms with Crippen LogP contribution in [-0.2, 0) is 0 Å². The number of hydrogen-bond acceptors (Lipinski definition) is 4. The molecule has 72 valence electrons. The van der Waals surface area contributed by atoms with Gasteiger partial charge < -0.3 is 5.32 Å². The first-order chi connectivity index (χ1) is 6.77. The van der Waals surface area contributed by atoms with Gasteiger partial charge in [0.25, 0.3) is 0 Å². The highest BCUT2D eigenvalue weighted by Crippen LogP contribution is 2.28. The third-order valence-electron chi connectivity index (χ3n) is 1.53. The number of hydrogen-bond donors (Lipinski definition) is 1. The van der Waals surface area contributed by atoms with E-state index in [-0.39, 0.29) is 0 Å². The molecular weight excluding hydrogens is 286 g/mol. The number of thiophene rings is 1. The van der Waals surface area contributed by atoms with E-state index >= 15 is 0 Å². The van der Waals surface area contributed by atoms with Crippen molar-refractivity contribution in [1.82, 2.24) is 9.97 Å². The minimum absolute atomic E-state index is 0.401. The summed E-state index contributed by atoms with van der Waals surface area (Å²) in [5, 5.41) is 7.50. The molecule has 6 heteroatoms. The Morgan fingerprint density at radius 3 is 3.00 bits per heavy atom. The zero-order chi connectivity index (χ0) is 9.97. The summed E-state index contributed by atoms with van der Waals surface area (Å²) in [5.74, 6) is 0.670. The lowest BCUT2D eigenvalue weighted by molar-refractivity contribution is 1.15. The van der Waals surface area contributed by atoms with Crippen LogP contribution in [0.4, 0.5) is 11.5 Å². The monoisotopic (exact) mass is 289 g/mol. The van der Waals surface area contributed by atoms with Crippen molar-refractivity contribution in [2.45, 2.75) is 0 Å². The van der Waals surface area contributed by atoms with Gasteiger partial charge in [0.15, 0.2) is 0 Å². The lowest BCUT2D eigenvalue weighted by atomic mass is 10.5. The number of halogens is 2. The summed E-state index contributed by atoms with van der Waals surface area (Å²) >= 11 is 10.7. The fraction of sp³-hybridized carbons (Fsp3) is 0. The van der Waals surface area contributed by atoms with Crippen LogP contribution in [0.5, 0.6) is 0 Å². The molecule has 0 radical (unpaired) electrons. The standard InChI is InChI=1S/C8H5BrClN3S/c9-6-7(10)11-4-12-8(6)13-5-1-2-14-3-5/h1-4H,(H,11,12,13). The molecule has 0 fully saturated rings. The maximum atomic E-state index is 5.82. The molecule has 0 aromatic carbocycles. The SMILES string of the molecule is Clc1ncnc(Nc2ccsc2)c1Br. The van der Waals surface area contributed by atoms with E-state index in [9.17, 15) is 0 Å². The first-order valence-corrected chi connectivity index (χ1v) is 5.84. The molecule has 0 aliphatic carbocycles. The molecule has 0 saturated heterocycles. The highest BCUT2D eigenvalue weighted by molar-refractivity contribution is 9.10. The molecule has 2 aromatic heterocycles. The van der Waals surface area contributed by atoms with Crippen LogP contribution in [0.3, 0.4) is 0 Å². The van der Waals surface area contributed by atoms with Gasteiger partial charge >= 0.3 is 0 Å². The Bertz CT molecular complexity index is 432. The second-order valence-electron chi connectivity index (χ2n) is 2.46. The van der Waals surface area contributed by atoms with Crippen LogP contribution in [0.2, 0.25) is 5.15 Å². The van der Waals surface area contributed by atoms with Crippen LogP contribution in [0.25, 0.3) is 0 Å². The summed E-state index contributed by atoms with van der Waals surface area (Å²) in [6.07, 6.45) is 1.42. The Hall–Kier alpha value is -0.650. The van der Waals surface area contributed by atoms with Crippen molar-refractivity contribution < 1.29 is 0 Å². The second kappa shape index (κ2) is 4.25. The minimum atomic E-state index is 0.401. The van der Waals surface area contributed by atoms with Gasteiger partial charge in [0.1, 0.15) is 17.3 Å². The Labute approximate surface area is 98.3 Å². The van der Waals surface area contributed by atoms with Crippen molar-refractivity contribution in [2.75, 3.05) is 5.32 Å². The summed E-state index contributed by atoms with van der Waals surface area (Å²) in [4.78, 5) is 7.90. The molecule has 0 saturated carbocycles. The van der Waals surface area contributed by atoms with Gasteiger partial charge in [0, 0.05) is 5.38 Å². The molecule has 0 atom stereocenters. The predicted octanol–water partition coefficient (Wildman–Crippen LogP) is 3.70. The van der Waals surface area contributed by atoms with Gasteiger partial charge in [-0.1, -0.05) is 11.6 Å². The highest BCUT2D eigenvalue weighted by atomic mass is 79.9. The topological polar surface area (TPSA) is 37.8 Å². The average Bonchev–Trinajstić information content (AvgIpc) is 2.66. The second-order valence-corrected chi connectivity index (χ2v) is 4.40. The molecule has 2 rings (SSSR count). The van der Waals surface area contributed by atoms with Gasteiger partial charge in [0.05, 0.1) is 10.2 Å². The number of anilines is 2. The highest BCUT2D eigenvalue weighted by Gasteiger charge is 2.06. The van der Waals surface area contributed by atoms with Crippen LogP contribution in [-0.4, -0.2) is 9.97 Å². The number of nitrogens with zero attached hydrogens (tertiary/aromatic N) is 2. The quantitative estimate of drug-likeness (QED) is 0.857. The molecule has 0 spiro atoms. The van der Waals surface area contributed by atoms with Crippen LogP contribution in [0, 0.1) is 0 Å². The minimum Gasteiger partial charge on any atom is -0.338 e. The summed E-state index contributed by atoms with van der Waals surface area (Å²) in [7, 11) is 0. The van der Waals surface area contributed by atoms with E-state index in [4.69, 9.17) is 11.6 Å². The van der Waals surface area contributed by atoms with Gasteiger partial charge in [-0.15, -0.1) is 0 Å². The van der Waals surface area contributed by atoms with E-state index in [1.807, 2.05) is 16.8 Å². The lowest BCUT2D eigenvalue weighted by Gasteiger charge is -2.04. The largest absolute Gasteiger partial charge is 0.338 e. The molecule has 3 nitrogen and oxygen atoms in total. The third-order valence-corrected chi connectivity index (χ3v) is 3.48. The van der Waals surface area contributed by atoms with E-state index in [1.54, 1.807) is 11.3 Å². The smallest absolute Gasteiger partial charge is 0.149 e. The average molecular weight is 291 g/mol. The van der Waals surface area contributed by atoms with Gasteiger partial charge in [0.2, 0.25) is 0 Å². The maximum absolute atomic E-state index is 5.82. The summed E-state index contributed by atoms with van der Waals surface area (Å²) in [5.41, 5.74) is 0.991. The molecule has 2 aromatic rings. The zero-order valence-electron chi connectivity index (χ0n) is 6.87. The first kappa shape index (κ1) is 9.89. The Morgan fingerprint density at radius 2 is 2.29 bits per heavy atom. The van der Waals surface area contributed by atoms with E-state index in [0.29, 0.717) is 15.4 Å². The van der Waals surface area contributed by atoms with Crippen LogP contribution >= 0.6 is 38.9 Å². The molecule has 0 aliphatic rings. The molecule has 2 heterocycles. The van der Waals surface area contributed by atoms with E-state index in [2.05, 4.69) is 31.2 Å².